The van der Waals surface area contributed by atoms with Gasteiger partial charge in [-0.15, -0.1) is 10.2 Å². The van der Waals surface area contributed by atoms with Gasteiger partial charge in [0.15, 0.2) is 0 Å². The van der Waals surface area contributed by atoms with Crippen molar-refractivity contribution in [3.05, 3.63) is 33.8 Å². The summed E-state index contributed by atoms with van der Waals surface area (Å²) in [5.41, 5.74) is 0.783. The predicted molar refractivity (Wildman–Crippen MR) is 84.4 cm³/mol. The molecule has 1 N–H and O–H groups in total. The van der Waals surface area contributed by atoms with Gasteiger partial charge in [-0.05, 0) is 24.6 Å². The summed E-state index contributed by atoms with van der Waals surface area (Å²) >= 11 is 1.51. The molecule has 0 aliphatic heterocycles. The molecule has 1 amide bonds. The van der Waals surface area contributed by atoms with E-state index in [1.54, 1.807) is 32.4 Å². The lowest BCUT2D eigenvalue weighted by molar-refractivity contribution is -0.120. The second-order valence-electron chi connectivity index (χ2n) is 4.57. The van der Waals surface area contributed by atoms with Crippen molar-refractivity contribution in [2.75, 3.05) is 14.2 Å². The summed E-state index contributed by atoms with van der Waals surface area (Å²) in [5.74, 6) is 1.26. The Hall–Kier alpha value is -2.15. The zero-order chi connectivity index (χ0) is 15.9. The van der Waals surface area contributed by atoms with Gasteiger partial charge in [-0.25, -0.2) is 0 Å². The van der Waals surface area contributed by atoms with E-state index >= 15 is 0 Å². The van der Waals surface area contributed by atoms with E-state index in [2.05, 4.69) is 15.5 Å². The molecule has 118 valence electrons. The summed E-state index contributed by atoms with van der Waals surface area (Å²) in [4.78, 5) is 12.1. The van der Waals surface area contributed by atoms with Gasteiger partial charge in [0.05, 0.1) is 27.2 Å². The molecule has 0 unspecified atom stereocenters. The van der Waals surface area contributed by atoms with Crippen molar-refractivity contribution in [3.8, 4) is 11.5 Å². The minimum Gasteiger partial charge on any atom is -0.497 e. The SMILES string of the molecule is CCc1nnc(CNC(=O)Cc2cc(OC)ccc2OC)s1. The molecule has 1 heterocycles. The standard InChI is InChI=1S/C15H19N3O3S/c1-4-14-17-18-15(22-14)9-16-13(19)8-10-7-11(20-2)5-6-12(10)21-3/h5-7H,4,8-9H2,1-3H3,(H,16,19). The molecule has 0 aliphatic carbocycles. The van der Waals surface area contributed by atoms with E-state index in [-0.39, 0.29) is 12.3 Å². The number of amides is 1. The first kappa shape index (κ1) is 16.2. The molecule has 1 aromatic carbocycles. The lowest BCUT2D eigenvalue weighted by Gasteiger charge is -2.10. The number of rotatable bonds is 7. The third-order valence-electron chi connectivity index (χ3n) is 3.09. The Labute approximate surface area is 133 Å². The molecule has 0 fully saturated rings. The quantitative estimate of drug-likeness (QED) is 0.844. The van der Waals surface area contributed by atoms with Gasteiger partial charge in [0.25, 0.3) is 0 Å². The van der Waals surface area contributed by atoms with Gasteiger partial charge >= 0.3 is 0 Å². The Balaban J connectivity index is 1.96. The highest BCUT2D eigenvalue weighted by Crippen LogP contribution is 2.24. The highest BCUT2D eigenvalue weighted by Gasteiger charge is 2.11. The summed E-state index contributed by atoms with van der Waals surface area (Å²) in [6, 6.07) is 5.39. The molecule has 1 aromatic heterocycles. The fraction of sp³-hybridized carbons (Fsp3) is 0.400. The van der Waals surface area contributed by atoms with Crippen molar-refractivity contribution in [2.24, 2.45) is 0 Å². The van der Waals surface area contributed by atoms with Gasteiger partial charge in [0.1, 0.15) is 21.5 Å². The van der Waals surface area contributed by atoms with Crippen LogP contribution in [0.1, 0.15) is 22.5 Å². The van der Waals surface area contributed by atoms with Crippen molar-refractivity contribution in [3.63, 3.8) is 0 Å². The fourth-order valence-corrected chi connectivity index (χ4v) is 2.66. The fourth-order valence-electron chi connectivity index (χ4n) is 1.93. The average molecular weight is 321 g/mol. The monoisotopic (exact) mass is 321 g/mol. The van der Waals surface area contributed by atoms with E-state index < -0.39 is 0 Å². The second-order valence-corrected chi connectivity index (χ2v) is 5.72. The molecule has 0 spiro atoms. The van der Waals surface area contributed by atoms with E-state index in [9.17, 15) is 4.79 Å². The maximum atomic E-state index is 12.1. The van der Waals surface area contributed by atoms with Crippen LogP contribution in [0.3, 0.4) is 0 Å². The van der Waals surface area contributed by atoms with Crippen LogP contribution in [-0.4, -0.2) is 30.3 Å². The smallest absolute Gasteiger partial charge is 0.224 e. The molecule has 22 heavy (non-hydrogen) atoms. The van der Waals surface area contributed by atoms with Gasteiger partial charge < -0.3 is 14.8 Å². The van der Waals surface area contributed by atoms with Crippen LogP contribution in [0, 0.1) is 0 Å². The molecule has 7 heteroatoms. The summed E-state index contributed by atoms with van der Waals surface area (Å²) in [7, 11) is 3.17. The van der Waals surface area contributed by atoms with Gasteiger partial charge in [-0.1, -0.05) is 18.3 Å². The number of hydrogen-bond donors (Lipinski definition) is 1. The van der Waals surface area contributed by atoms with Crippen molar-refractivity contribution in [2.45, 2.75) is 26.3 Å². The van der Waals surface area contributed by atoms with E-state index in [1.807, 2.05) is 6.92 Å². The van der Waals surface area contributed by atoms with Crippen LogP contribution in [0.5, 0.6) is 11.5 Å². The topological polar surface area (TPSA) is 73.3 Å². The summed E-state index contributed by atoms with van der Waals surface area (Å²) in [5, 5.41) is 12.7. The van der Waals surface area contributed by atoms with Gasteiger partial charge in [0.2, 0.25) is 5.91 Å². The molecular formula is C15H19N3O3S. The maximum Gasteiger partial charge on any atom is 0.224 e. The molecule has 0 saturated heterocycles. The molecule has 0 bridgehead atoms. The van der Waals surface area contributed by atoms with Crippen molar-refractivity contribution < 1.29 is 14.3 Å². The lowest BCUT2D eigenvalue weighted by Crippen LogP contribution is -2.24. The number of hydrogen-bond acceptors (Lipinski definition) is 6. The van der Waals surface area contributed by atoms with Crippen LogP contribution in [0.4, 0.5) is 0 Å². The first-order valence-electron chi connectivity index (χ1n) is 6.95. The normalized spacial score (nSPS) is 10.3. The zero-order valence-corrected chi connectivity index (χ0v) is 13.7. The van der Waals surface area contributed by atoms with Gasteiger partial charge in [-0.3, -0.25) is 4.79 Å². The Kier molecular flexibility index (Phi) is 5.71. The van der Waals surface area contributed by atoms with Crippen molar-refractivity contribution in [1.82, 2.24) is 15.5 Å². The average Bonchev–Trinajstić information content (AvgIpc) is 3.01. The Bertz CT molecular complexity index is 643. The van der Waals surface area contributed by atoms with Crippen LogP contribution in [0.15, 0.2) is 18.2 Å². The zero-order valence-electron chi connectivity index (χ0n) is 12.9. The number of aryl methyl sites for hydroxylation is 1. The number of aromatic nitrogens is 2. The molecule has 6 nitrogen and oxygen atoms in total. The summed E-state index contributed by atoms with van der Waals surface area (Å²) in [6.07, 6.45) is 1.08. The third-order valence-corrected chi connectivity index (χ3v) is 4.15. The maximum absolute atomic E-state index is 12.1. The first-order valence-corrected chi connectivity index (χ1v) is 7.76. The van der Waals surface area contributed by atoms with Crippen LogP contribution in [0.2, 0.25) is 0 Å². The largest absolute Gasteiger partial charge is 0.497 e. The van der Waals surface area contributed by atoms with E-state index in [0.717, 1.165) is 22.0 Å². The second kappa shape index (κ2) is 7.74. The Morgan fingerprint density at radius 1 is 1.23 bits per heavy atom. The highest BCUT2D eigenvalue weighted by atomic mass is 32.1. The third kappa shape index (κ3) is 4.17. The first-order chi connectivity index (χ1) is 10.7. The van der Waals surface area contributed by atoms with E-state index in [1.165, 1.54) is 11.3 Å². The van der Waals surface area contributed by atoms with Gasteiger partial charge in [0, 0.05) is 5.56 Å². The Morgan fingerprint density at radius 2 is 2.00 bits per heavy atom. The number of nitrogens with zero attached hydrogens (tertiary/aromatic N) is 2. The van der Waals surface area contributed by atoms with Crippen LogP contribution >= 0.6 is 11.3 Å². The summed E-state index contributed by atoms with van der Waals surface area (Å²) in [6.45, 7) is 2.42. The van der Waals surface area contributed by atoms with Gasteiger partial charge in [-0.2, -0.15) is 0 Å². The highest BCUT2D eigenvalue weighted by molar-refractivity contribution is 7.11. The van der Waals surface area contributed by atoms with E-state index in [4.69, 9.17) is 9.47 Å². The number of carbonyl (C=O) groups excluding carboxylic acids is 1. The van der Waals surface area contributed by atoms with Crippen LogP contribution in [0.25, 0.3) is 0 Å². The number of nitrogens with one attached hydrogen (secondary N) is 1. The van der Waals surface area contributed by atoms with Crippen molar-refractivity contribution in [1.29, 1.82) is 0 Å². The molecule has 0 aliphatic rings. The number of carbonyl (C=O) groups is 1. The van der Waals surface area contributed by atoms with Crippen LogP contribution in [-0.2, 0) is 24.2 Å². The molecule has 0 saturated carbocycles. The van der Waals surface area contributed by atoms with Crippen molar-refractivity contribution >= 4 is 17.2 Å². The van der Waals surface area contributed by atoms with Crippen LogP contribution < -0.4 is 14.8 Å². The number of ether oxygens (including phenoxy) is 2. The lowest BCUT2D eigenvalue weighted by atomic mass is 10.1. The number of methoxy groups -OCH3 is 2. The predicted octanol–water partition coefficient (Wildman–Crippen LogP) is 1.98. The minimum absolute atomic E-state index is 0.0974. The molecular weight excluding hydrogens is 302 g/mol. The molecule has 0 atom stereocenters. The molecule has 0 radical (unpaired) electrons. The molecule has 2 rings (SSSR count). The Morgan fingerprint density at radius 3 is 2.64 bits per heavy atom. The van der Waals surface area contributed by atoms with E-state index in [0.29, 0.717) is 18.0 Å². The summed E-state index contributed by atoms with van der Waals surface area (Å²) < 4.78 is 10.4. The minimum atomic E-state index is -0.0974. The molecule has 2 aromatic rings. The number of benzene rings is 1.